The van der Waals surface area contributed by atoms with E-state index >= 15 is 0 Å². The van der Waals surface area contributed by atoms with Gasteiger partial charge in [0.2, 0.25) is 0 Å². The fourth-order valence-corrected chi connectivity index (χ4v) is 3.52. The van der Waals surface area contributed by atoms with Crippen molar-refractivity contribution in [3.05, 3.63) is 12.2 Å². The van der Waals surface area contributed by atoms with E-state index in [4.69, 9.17) is 0 Å². The molecule has 82 valence electrons. The van der Waals surface area contributed by atoms with Crippen LogP contribution < -0.4 is 5.32 Å². The van der Waals surface area contributed by atoms with Gasteiger partial charge in [-0.25, -0.2) is 0 Å². The fraction of sp³-hybridized carbons (Fsp3) is 0.833. The van der Waals surface area contributed by atoms with Crippen molar-refractivity contribution in [1.82, 2.24) is 5.32 Å². The van der Waals surface area contributed by atoms with Crippen LogP contribution in [0, 0.1) is 0 Å². The Morgan fingerprint density at radius 3 is 2.57 bits per heavy atom. The maximum atomic E-state index is 4.01. The maximum absolute atomic E-state index is 4.01. The van der Waals surface area contributed by atoms with Crippen LogP contribution in [0.4, 0.5) is 0 Å². The molecule has 2 heteroatoms. The molecule has 1 fully saturated rings. The van der Waals surface area contributed by atoms with Gasteiger partial charge < -0.3 is 5.32 Å². The summed E-state index contributed by atoms with van der Waals surface area (Å²) >= 11 is 2.14. The molecule has 1 aliphatic carbocycles. The van der Waals surface area contributed by atoms with Crippen LogP contribution in [-0.2, 0) is 0 Å². The van der Waals surface area contributed by atoms with E-state index in [9.17, 15) is 0 Å². The summed E-state index contributed by atoms with van der Waals surface area (Å²) in [5, 5.41) is 4.24. The van der Waals surface area contributed by atoms with E-state index in [0.717, 1.165) is 5.25 Å². The minimum atomic E-state index is 0.502. The molecule has 14 heavy (non-hydrogen) atoms. The van der Waals surface area contributed by atoms with Crippen molar-refractivity contribution in [2.24, 2.45) is 0 Å². The van der Waals surface area contributed by atoms with Crippen LogP contribution in [-0.4, -0.2) is 24.1 Å². The first kappa shape index (κ1) is 12.1. The van der Waals surface area contributed by atoms with Gasteiger partial charge in [-0.15, -0.1) is 0 Å². The van der Waals surface area contributed by atoms with Gasteiger partial charge >= 0.3 is 0 Å². The van der Waals surface area contributed by atoms with Crippen LogP contribution in [0.25, 0.3) is 0 Å². The molecule has 1 atom stereocenters. The number of thioether (sulfide) groups is 1. The molecule has 1 rings (SSSR count). The van der Waals surface area contributed by atoms with Crippen molar-refractivity contribution in [2.75, 3.05) is 12.8 Å². The van der Waals surface area contributed by atoms with E-state index in [0.29, 0.717) is 6.04 Å². The Morgan fingerprint density at radius 2 is 2.07 bits per heavy atom. The Kier molecular flexibility index (Phi) is 5.64. The van der Waals surface area contributed by atoms with Gasteiger partial charge in [0.25, 0.3) is 0 Å². The van der Waals surface area contributed by atoms with E-state index in [1.807, 2.05) is 7.05 Å². The fourth-order valence-electron chi connectivity index (χ4n) is 1.94. The Hall–Kier alpha value is 0.0500. The summed E-state index contributed by atoms with van der Waals surface area (Å²) < 4.78 is 0. The third kappa shape index (κ3) is 4.05. The molecule has 1 saturated carbocycles. The molecule has 1 unspecified atom stereocenters. The van der Waals surface area contributed by atoms with Gasteiger partial charge in [0.1, 0.15) is 0 Å². The minimum absolute atomic E-state index is 0.502. The Morgan fingerprint density at radius 1 is 1.43 bits per heavy atom. The molecular formula is C12H23NS. The predicted octanol–water partition coefficient (Wildman–Crippen LogP) is 3.22. The molecular weight excluding hydrogens is 190 g/mol. The molecule has 0 heterocycles. The molecule has 0 spiro atoms. The highest BCUT2D eigenvalue weighted by atomic mass is 32.2. The molecule has 0 aromatic carbocycles. The highest BCUT2D eigenvalue weighted by molar-refractivity contribution is 7.99. The molecule has 0 aliphatic heterocycles. The zero-order valence-corrected chi connectivity index (χ0v) is 10.3. The maximum Gasteiger partial charge on any atom is 0.0363 e. The molecule has 0 bridgehead atoms. The van der Waals surface area contributed by atoms with Gasteiger partial charge in [-0.2, -0.15) is 11.8 Å². The van der Waals surface area contributed by atoms with Crippen molar-refractivity contribution in [3.8, 4) is 0 Å². The standard InChI is InChI=1S/C12H23NS/c1-10(2)12(13-3)9-14-11-7-5-4-6-8-11/h11-13H,1,4-9H2,2-3H3. The van der Waals surface area contributed by atoms with Crippen molar-refractivity contribution in [1.29, 1.82) is 0 Å². The van der Waals surface area contributed by atoms with Crippen LogP contribution in [0.3, 0.4) is 0 Å². The van der Waals surface area contributed by atoms with Crippen molar-refractivity contribution in [2.45, 2.75) is 50.3 Å². The topological polar surface area (TPSA) is 12.0 Å². The summed E-state index contributed by atoms with van der Waals surface area (Å²) in [6, 6.07) is 0.502. The first-order chi connectivity index (χ1) is 6.74. The second kappa shape index (κ2) is 6.52. The second-order valence-corrected chi connectivity index (χ2v) is 5.61. The second-order valence-electron chi connectivity index (χ2n) is 4.28. The van der Waals surface area contributed by atoms with Crippen LogP contribution >= 0.6 is 11.8 Å². The molecule has 1 N–H and O–H groups in total. The first-order valence-electron chi connectivity index (χ1n) is 5.68. The van der Waals surface area contributed by atoms with E-state index in [1.165, 1.54) is 43.4 Å². The summed E-state index contributed by atoms with van der Waals surface area (Å²) in [7, 11) is 2.03. The largest absolute Gasteiger partial charge is 0.313 e. The minimum Gasteiger partial charge on any atom is -0.313 e. The zero-order valence-electron chi connectivity index (χ0n) is 9.51. The van der Waals surface area contributed by atoms with Crippen LogP contribution in [0.5, 0.6) is 0 Å². The zero-order chi connectivity index (χ0) is 10.4. The predicted molar refractivity (Wildman–Crippen MR) is 67.0 cm³/mol. The lowest BCUT2D eigenvalue weighted by molar-refractivity contribution is 0.515. The van der Waals surface area contributed by atoms with Crippen LogP contribution in [0.1, 0.15) is 39.0 Å². The van der Waals surface area contributed by atoms with Gasteiger partial charge in [-0.3, -0.25) is 0 Å². The Balaban J connectivity index is 2.20. The lowest BCUT2D eigenvalue weighted by Crippen LogP contribution is -2.29. The highest BCUT2D eigenvalue weighted by Gasteiger charge is 2.15. The third-order valence-electron chi connectivity index (χ3n) is 2.99. The lowest BCUT2D eigenvalue weighted by Gasteiger charge is -2.24. The molecule has 1 aliphatic rings. The number of likely N-dealkylation sites (N-methyl/N-ethyl adjacent to an activating group) is 1. The number of hydrogen-bond acceptors (Lipinski definition) is 2. The SMILES string of the molecule is C=C(C)C(CSC1CCCCC1)NC. The Labute approximate surface area is 92.7 Å². The summed E-state index contributed by atoms with van der Waals surface area (Å²) in [5.41, 5.74) is 1.26. The van der Waals surface area contributed by atoms with Crippen molar-refractivity contribution in [3.63, 3.8) is 0 Å². The normalized spacial score (nSPS) is 20.7. The van der Waals surface area contributed by atoms with Crippen molar-refractivity contribution >= 4 is 11.8 Å². The van der Waals surface area contributed by atoms with Crippen LogP contribution in [0.2, 0.25) is 0 Å². The quantitative estimate of drug-likeness (QED) is 0.704. The van der Waals surface area contributed by atoms with Gasteiger partial charge in [0.15, 0.2) is 0 Å². The summed E-state index contributed by atoms with van der Waals surface area (Å²) in [6.07, 6.45) is 7.19. The average molecular weight is 213 g/mol. The molecule has 1 nitrogen and oxygen atoms in total. The summed E-state index contributed by atoms with van der Waals surface area (Å²) in [6.45, 7) is 6.13. The number of rotatable bonds is 5. The molecule has 0 aromatic heterocycles. The third-order valence-corrected chi connectivity index (χ3v) is 4.46. The molecule has 0 amide bonds. The summed E-state index contributed by atoms with van der Waals surface area (Å²) in [5.74, 6) is 1.19. The summed E-state index contributed by atoms with van der Waals surface area (Å²) in [4.78, 5) is 0. The van der Waals surface area contributed by atoms with E-state index < -0.39 is 0 Å². The molecule has 0 saturated heterocycles. The number of nitrogens with one attached hydrogen (secondary N) is 1. The van der Waals surface area contributed by atoms with E-state index in [-0.39, 0.29) is 0 Å². The average Bonchev–Trinajstić information content (AvgIpc) is 2.20. The van der Waals surface area contributed by atoms with E-state index in [2.05, 4.69) is 30.6 Å². The van der Waals surface area contributed by atoms with Gasteiger partial charge in [-0.05, 0) is 26.8 Å². The molecule has 0 aromatic rings. The van der Waals surface area contributed by atoms with Gasteiger partial charge in [0, 0.05) is 17.0 Å². The smallest absolute Gasteiger partial charge is 0.0363 e. The Bertz CT molecular complexity index is 173. The molecule has 0 radical (unpaired) electrons. The van der Waals surface area contributed by atoms with Gasteiger partial charge in [0.05, 0.1) is 0 Å². The first-order valence-corrected chi connectivity index (χ1v) is 6.73. The monoisotopic (exact) mass is 213 g/mol. The number of hydrogen-bond donors (Lipinski definition) is 1. The highest BCUT2D eigenvalue weighted by Crippen LogP contribution is 2.28. The van der Waals surface area contributed by atoms with Gasteiger partial charge in [-0.1, -0.05) is 31.4 Å². The van der Waals surface area contributed by atoms with Crippen molar-refractivity contribution < 1.29 is 0 Å². The lowest BCUT2D eigenvalue weighted by atomic mass is 10.0. The van der Waals surface area contributed by atoms with Crippen LogP contribution in [0.15, 0.2) is 12.2 Å². The van der Waals surface area contributed by atoms with E-state index in [1.54, 1.807) is 0 Å².